The van der Waals surface area contributed by atoms with Crippen molar-refractivity contribution in [2.24, 2.45) is 0 Å². The van der Waals surface area contributed by atoms with E-state index in [1.54, 1.807) is 23.1 Å². The summed E-state index contributed by atoms with van der Waals surface area (Å²) in [7, 11) is 0. The summed E-state index contributed by atoms with van der Waals surface area (Å²) in [6.07, 6.45) is 4.35. The van der Waals surface area contributed by atoms with Crippen LogP contribution in [0.4, 0.5) is 4.39 Å². The molecule has 0 fully saturated rings. The van der Waals surface area contributed by atoms with E-state index in [2.05, 4.69) is 28.0 Å². The Kier molecular flexibility index (Phi) is 4.36. The van der Waals surface area contributed by atoms with E-state index >= 15 is 0 Å². The van der Waals surface area contributed by atoms with Gasteiger partial charge in [0.2, 0.25) is 0 Å². The Hall–Kier alpha value is -1.36. The normalized spacial score (nSPS) is 10.6. The minimum Gasteiger partial charge on any atom is -0.451 e. The molecule has 0 aliphatic heterocycles. The average Bonchev–Trinajstić information content (AvgIpc) is 2.80. The van der Waals surface area contributed by atoms with Crippen molar-refractivity contribution in [1.29, 1.82) is 0 Å². The van der Waals surface area contributed by atoms with Crippen LogP contribution < -0.4 is 4.74 Å². The fourth-order valence-electron chi connectivity index (χ4n) is 1.59. The average molecular weight is 313 g/mol. The third-order valence-electron chi connectivity index (χ3n) is 2.44. The molecule has 0 radical (unpaired) electrons. The number of benzene rings is 1. The van der Waals surface area contributed by atoms with E-state index in [0.717, 1.165) is 18.5 Å². The number of hydrogen-bond donors (Lipinski definition) is 0. The number of rotatable bonds is 5. The SMILES string of the molecule is CCCn1cc(Oc2ccc(CBr)cc2F)cn1. The second kappa shape index (κ2) is 6.00. The van der Waals surface area contributed by atoms with Gasteiger partial charge in [-0.05, 0) is 24.1 Å². The molecule has 0 spiro atoms. The van der Waals surface area contributed by atoms with Gasteiger partial charge in [0.25, 0.3) is 0 Å². The Morgan fingerprint density at radius 2 is 2.28 bits per heavy atom. The van der Waals surface area contributed by atoms with Gasteiger partial charge in [-0.2, -0.15) is 5.10 Å². The third-order valence-corrected chi connectivity index (χ3v) is 3.09. The molecule has 1 aromatic carbocycles. The van der Waals surface area contributed by atoms with Gasteiger partial charge in [-0.1, -0.05) is 28.9 Å². The maximum absolute atomic E-state index is 13.7. The van der Waals surface area contributed by atoms with Crippen molar-refractivity contribution < 1.29 is 9.13 Å². The summed E-state index contributed by atoms with van der Waals surface area (Å²) >= 11 is 3.28. The molecule has 0 aliphatic rings. The van der Waals surface area contributed by atoms with E-state index in [0.29, 0.717) is 11.1 Å². The highest BCUT2D eigenvalue weighted by Gasteiger charge is 2.07. The van der Waals surface area contributed by atoms with E-state index in [4.69, 9.17) is 4.74 Å². The molecule has 0 unspecified atom stereocenters. The molecule has 96 valence electrons. The first-order valence-electron chi connectivity index (χ1n) is 5.77. The van der Waals surface area contributed by atoms with Crippen molar-refractivity contribution in [2.45, 2.75) is 25.2 Å². The van der Waals surface area contributed by atoms with Gasteiger partial charge in [-0.25, -0.2) is 4.39 Å². The molecule has 0 saturated heterocycles. The summed E-state index contributed by atoms with van der Waals surface area (Å²) < 4.78 is 20.9. The highest BCUT2D eigenvalue weighted by Crippen LogP contribution is 2.25. The van der Waals surface area contributed by atoms with Crippen LogP contribution >= 0.6 is 15.9 Å². The van der Waals surface area contributed by atoms with Gasteiger partial charge in [-0.3, -0.25) is 4.68 Å². The van der Waals surface area contributed by atoms with Gasteiger partial charge in [-0.15, -0.1) is 0 Å². The predicted octanol–water partition coefficient (Wildman–Crippen LogP) is 4.12. The number of aryl methyl sites for hydroxylation is 1. The molecule has 18 heavy (non-hydrogen) atoms. The van der Waals surface area contributed by atoms with Gasteiger partial charge in [0, 0.05) is 11.9 Å². The topological polar surface area (TPSA) is 27.1 Å². The number of aromatic nitrogens is 2. The highest BCUT2D eigenvalue weighted by molar-refractivity contribution is 9.08. The van der Waals surface area contributed by atoms with Crippen LogP contribution in [0.15, 0.2) is 30.6 Å². The van der Waals surface area contributed by atoms with E-state index in [1.807, 2.05) is 6.07 Å². The van der Waals surface area contributed by atoms with Crippen molar-refractivity contribution in [3.8, 4) is 11.5 Å². The lowest BCUT2D eigenvalue weighted by Gasteiger charge is -2.05. The van der Waals surface area contributed by atoms with Crippen LogP contribution in [0.2, 0.25) is 0 Å². The summed E-state index contributed by atoms with van der Waals surface area (Å²) in [4.78, 5) is 0. The van der Waals surface area contributed by atoms with E-state index in [9.17, 15) is 4.39 Å². The minimum absolute atomic E-state index is 0.218. The predicted molar refractivity (Wildman–Crippen MR) is 71.6 cm³/mol. The molecular weight excluding hydrogens is 299 g/mol. The van der Waals surface area contributed by atoms with E-state index in [-0.39, 0.29) is 11.6 Å². The van der Waals surface area contributed by atoms with Gasteiger partial charge in [0.15, 0.2) is 17.3 Å². The molecule has 2 aromatic rings. The van der Waals surface area contributed by atoms with E-state index in [1.165, 1.54) is 6.07 Å². The molecule has 1 aromatic heterocycles. The number of halogens is 2. The summed E-state index contributed by atoms with van der Waals surface area (Å²) in [5, 5.41) is 4.75. The molecule has 0 atom stereocenters. The van der Waals surface area contributed by atoms with Crippen LogP contribution in [0.25, 0.3) is 0 Å². The Morgan fingerprint density at radius 3 is 2.94 bits per heavy atom. The molecule has 0 bridgehead atoms. The lowest BCUT2D eigenvalue weighted by atomic mass is 10.2. The highest BCUT2D eigenvalue weighted by atomic mass is 79.9. The lowest BCUT2D eigenvalue weighted by molar-refractivity contribution is 0.440. The van der Waals surface area contributed by atoms with Gasteiger partial charge in [0.1, 0.15) is 0 Å². The zero-order valence-corrected chi connectivity index (χ0v) is 11.7. The van der Waals surface area contributed by atoms with Crippen LogP contribution in [0.1, 0.15) is 18.9 Å². The summed E-state index contributed by atoms with van der Waals surface area (Å²) in [6, 6.07) is 4.91. The first-order chi connectivity index (χ1) is 8.72. The zero-order chi connectivity index (χ0) is 13.0. The second-order valence-corrected chi connectivity index (χ2v) is 4.50. The number of ether oxygens (including phenoxy) is 1. The molecule has 5 heteroatoms. The fourth-order valence-corrected chi connectivity index (χ4v) is 1.93. The number of nitrogens with zero attached hydrogens (tertiary/aromatic N) is 2. The Labute approximate surface area is 114 Å². The van der Waals surface area contributed by atoms with Gasteiger partial charge in [0.05, 0.1) is 12.4 Å². The van der Waals surface area contributed by atoms with Crippen LogP contribution in [0.3, 0.4) is 0 Å². The number of alkyl halides is 1. The number of hydrogen-bond acceptors (Lipinski definition) is 2. The van der Waals surface area contributed by atoms with Gasteiger partial charge >= 0.3 is 0 Å². The zero-order valence-electron chi connectivity index (χ0n) is 10.1. The smallest absolute Gasteiger partial charge is 0.166 e. The molecule has 3 nitrogen and oxygen atoms in total. The standard InChI is InChI=1S/C13H14BrFN2O/c1-2-5-17-9-11(8-16-17)18-13-4-3-10(7-14)6-12(13)15/h3-4,6,8-9H,2,5,7H2,1H3. The lowest BCUT2D eigenvalue weighted by Crippen LogP contribution is -1.95. The summed E-state index contributed by atoms with van der Waals surface area (Å²) in [5.41, 5.74) is 0.876. The minimum atomic E-state index is -0.366. The molecule has 0 amide bonds. The van der Waals surface area contributed by atoms with E-state index < -0.39 is 0 Å². The molecule has 1 heterocycles. The van der Waals surface area contributed by atoms with Crippen molar-refractivity contribution >= 4 is 15.9 Å². The van der Waals surface area contributed by atoms with Crippen LogP contribution in [-0.4, -0.2) is 9.78 Å². The van der Waals surface area contributed by atoms with Crippen molar-refractivity contribution in [3.05, 3.63) is 42.0 Å². The maximum Gasteiger partial charge on any atom is 0.166 e. The quantitative estimate of drug-likeness (QED) is 0.777. The largest absolute Gasteiger partial charge is 0.451 e. The maximum atomic E-state index is 13.7. The Bertz CT molecular complexity index is 527. The second-order valence-electron chi connectivity index (χ2n) is 3.94. The molecular formula is C13H14BrFN2O. The van der Waals surface area contributed by atoms with Crippen LogP contribution in [-0.2, 0) is 11.9 Å². The first-order valence-corrected chi connectivity index (χ1v) is 6.89. The Morgan fingerprint density at radius 1 is 1.44 bits per heavy atom. The van der Waals surface area contributed by atoms with Crippen molar-refractivity contribution in [1.82, 2.24) is 9.78 Å². The fraction of sp³-hybridized carbons (Fsp3) is 0.308. The first kappa shape index (κ1) is 13.1. The molecule has 2 rings (SSSR count). The Balaban J connectivity index is 2.12. The van der Waals surface area contributed by atoms with Crippen LogP contribution in [0.5, 0.6) is 11.5 Å². The summed E-state index contributed by atoms with van der Waals surface area (Å²) in [5.74, 6) is 0.403. The molecule has 0 saturated carbocycles. The summed E-state index contributed by atoms with van der Waals surface area (Å²) in [6.45, 7) is 2.90. The van der Waals surface area contributed by atoms with Crippen LogP contribution in [0, 0.1) is 5.82 Å². The molecule has 0 aliphatic carbocycles. The van der Waals surface area contributed by atoms with Crippen molar-refractivity contribution in [3.63, 3.8) is 0 Å². The monoisotopic (exact) mass is 312 g/mol. The molecule has 0 N–H and O–H groups in total. The third kappa shape index (κ3) is 3.10. The van der Waals surface area contributed by atoms with Gasteiger partial charge < -0.3 is 4.74 Å². The van der Waals surface area contributed by atoms with Crippen molar-refractivity contribution in [2.75, 3.05) is 0 Å².